The standard InChI is InChI=1S/C22H13FN2O2S/c23-19-8-12(5-6-15(19)22(26)27)17-10-25-21-16(17)7-13(9-24-21)18-11-28-20-4-2-1-3-14(18)20/h1-11H,(H,24,25)(H,26,27). The Kier molecular flexibility index (Phi) is 3.74. The molecular weight excluding hydrogens is 375 g/mol. The van der Waals surface area contributed by atoms with Crippen LogP contribution in [-0.4, -0.2) is 21.0 Å². The summed E-state index contributed by atoms with van der Waals surface area (Å²) in [4.78, 5) is 18.7. The Labute approximate surface area is 162 Å². The van der Waals surface area contributed by atoms with Crippen LogP contribution in [0.5, 0.6) is 0 Å². The zero-order valence-corrected chi connectivity index (χ0v) is 15.3. The van der Waals surface area contributed by atoms with Gasteiger partial charge < -0.3 is 10.1 Å². The highest BCUT2D eigenvalue weighted by Crippen LogP contribution is 2.36. The van der Waals surface area contributed by atoms with Crippen molar-refractivity contribution in [1.29, 1.82) is 0 Å². The number of thiophene rings is 1. The molecule has 0 aliphatic carbocycles. The van der Waals surface area contributed by atoms with E-state index < -0.39 is 11.8 Å². The Morgan fingerprint density at radius 2 is 1.89 bits per heavy atom. The summed E-state index contributed by atoms with van der Waals surface area (Å²) >= 11 is 1.68. The highest BCUT2D eigenvalue weighted by Gasteiger charge is 2.15. The van der Waals surface area contributed by atoms with Crippen molar-refractivity contribution < 1.29 is 14.3 Å². The molecule has 3 heterocycles. The average Bonchev–Trinajstić information content (AvgIpc) is 3.31. The Bertz CT molecular complexity index is 1370. The fraction of sp³-hybridized carbons (Fsp3) is 0. The maximum atomic E-state index is 14.2. The molecule has 0 fully saturated rings. The van der Waals surface area contributed by atoms with Crippen LogP contribution in [0.4, 0.5) is 4.39 Å². The number of rotatable bonds is 3. The number of carbonyl (C=O) groups is 1. The monoisotopic (exact) mass is 388 g/mol. The molecule has 0 saturated carbocycles. The van der Waals surface area contributed by atoms with Crippen LogP contribution in [0.2, 0.25) is 0 Å². The first kappa shape index (κ1) is 16.6. The molecule has 0 saturated heterocycles. The first-order chi connectivity index (χ1) is 13.6. The predicted molar refractivity (Wildman–Crippen MR) is 109 cm³/mol. The van der Waals surface area contributed by atoms with Crippen molar-refractivity contribution in [2.75, 3.05) is 0 Å². The summed E-state index contributed by atoms with van der Waals surface area (Å²) in [6.45, 7) is 0. The van der Waals surface area contributed by atoms with E-state index in [1.54, 1.807) is 23.6 Å². The van der Waals surface area contributed by atoms with Crippen LogP contribution in [0.25, 0.3) is 43.4 Å². The molecule has 2 N–H and O–H groups in total. The first-order valence-electron chi connectivity index (χ1n) is 8.59. The van der Waals surface area contributed by atoms with Gasteiger partial charge in [-0.3, -0.25) is 0 Å². The lowest BCUT2D eigenvalue weighted by Gasteiger charge is -2.04. The van der Waals surface area contributed by atoms with Gasteiger partial charge in [0.05, 0.1) is 5.56 Å². The van der Waals surface area contributed by atoms with E-state index >= 15 is 0 Å². The van der Waals surface area contributed by atoms with E-state index in [-0.39, 0.29) is 5.56 Å². The third-order valence-electron chi connectivity index (χ3n) is 4.83. The normalized spacial score (nSPS) is 11.3. The Balaban J connectivity index is 1.67. The van der Waals surface area contributed by atoms with Crippen LogP contribution >= 0.6 is 11.3 Å². The van der Waals surface area contributed by atoms with Crippen molar-refractivity contribution in [3.05, 3.63) is 77.7 Å². The minimum Gasteiger partial charge on any atom is -0.478 e. The zero-order chi connectivity index (χ0) is 19.3. The van der Waals surface area contributed by atoms with E-state index in [0.29, 0.717) is 11.2 Å². The highest BCUT2D eigenvalue weighted by molar-refractivity contribution is 7.17. The van der Waals surface area contributed by atoms with Gasteiger partial charge in [0, 0.05) is 44.6 Å². The van der Waals surface area contributed by atoms with Crippen molar-refractivity contribution in [3.63, 3.8) is 0 Å². The SMILES string of the molecule is O=C(O)c1ccc(-c2c[nH]c3ncc(-c4csc5ccccc45)cc23)cc1F. The number of nitrogens with zero attached hydrogens (tertiary/aromatic N) is 1. The molecular formula is C22H13FN2O2S. The number of nitrogens with one attached hydrogen (secondary N) is 1. The van der Waals surface area contributed by atoms with Gasteiger partial charge in [-0.1, -0.05) is 24.3 Å². The highest BCUT2D eigenvalue weighted by atomic mass is 32.1. The molecule has 4 nitrogen and oxygen atoms in total. The van der Waals surface area contributed by atoms with Crippen LogP contribution in [0.1, 0.15) is 10.4 Å². The van der Waals surface area contributed by atoms with Crippen molar-refractivity contribution in [2.24, 2.45) is 0 Å². The number of hydrogen-bond donors (Lipinski definition) is 2. The lowest BCUT2D eigenvalue weighted by molar-refractivity contribution is 0.0692. The Morgan fingerprint density at radius 1 is 1.04 bits per heavy atom. The second-order valence-corrected chi connectivity index (χ2v) is 7.38. The molecule has 136 valence electrons. The largest absolute Gasteiger partial charge is 0.478 e. The number of halogens is 1. The van der Waals surface area contributed by atoms with Gasteiger partial charge in [0.1, 0.15) is 11.5 Å². The van der Waals surface area contributed by atoms with E-state index in [1.165, 1.54) is 22.2 Å². The van der Waals surface area contributed by atoms with Gasteiger partial charge >= 0.3 is 5.97 Å². The van der Waals surface area contributed by atoms with Crippen LogP contribution in [0, 0.1) is 5.82 Å². The number of carboxylic acids is 1. The molecule has 0 spiro atoms. The minimum atomic E-state index is -1.28. The fourth-order valence-corrected chi connectivity index (χ4v) is 4.42. The molecule has 6 heteroatoms. The van der Waals surface area contributed by atoms with E-state index in [4.69, 9.17) is 5.11 Å². The van der Waals surface area contributed by atoms with Crippen molar-refractivity contribution >= 4 is 38.4 Å². The third kappa shape index (κ3) is 2.58. The van der Waals surface area contributed by atoms with Crippen molar-refractivity contribution in [2.45, 2.75) is 0 Å². The first-order valence-corrected chi connectivity index (χ1v) is 9.47. The molecule has 5 aromatic rings. The molecule has 0 amide bonds. The zero-order valence-electron chi connectivity index (χ0n) is 14.4. The Morgan fingerprint density at radius 3 is 2.71 bits per heavy atom. The van der Waals surface area contributed by atoms with E-state index in [1.807, 2.05) is 24.4 Å². The molecule has 0 bridgehead atoms. The summed E-state index contributed by atoms with van der Waals surface area (Å²) in [6.07, 6.45) is 3.59. The van der Waals surface area contributed by atoms with Gasteiger partial charge in [0.15, 0.2) is 0 Å². The molecule has 0 atom stereocenters. The van der Waals surface area contributed by atoms with Crippen LogP contribution in [0.15, 0.2) is 66.3 Å². The molecule has 5 rings (SSSR count). The predicted octanol–water partition coefficient (Wildman–Crippen LogP) is 5.95. The topological polar surface area (TPSA) is 66.0 Å². The number of fused-ring (bicyclic) bond motifs is 2. The molecule has 3 aromatic heterocycles. The molecule has 0 radical (unpaired) electrons. The number of pyridine rings is 1. The number of H-pyrrole nitrogens is 1. The lowest BCUT2D eigenvalue weighted by Crippen LogP contribution is -2.00. The maximum Gasteiger partial charge on any atom is 0.338 e. The van der Waals surface area contributed by atoms with Gasteiger partial charge in [-0.25, -0.2) is 14.2 Å². The van der Waals surface area contributed by atoms with Crippen LogP contribution in [-0.2, 0) is 0 Å². The summed E-state index contributed by atoms with van der Waals surface area (Å²) < 4.78 is 15.4. The van der Waals surface area contributed by atoms with E-state index in [9.17, 15) is 9.18 Å². The smallest absolute Gasteiger partial charge is 0.338 e. The van der Waals surface area contributed by atoms with Gasteiger partial charge in [0.25, 0.3) is 0 Å². The molecule has 0 aliphatic heterocycles. The van der Waals surface area contributed by atoms with E-state index in [2.05, 4.69) is 27.5 Å². The second-order valence-electron chi connectivity index (χ2n) is 6.47. The van der Waals surface area contributed by atoms with Gasteiger partial charge in [0.2, 0.25) is 0 Å². The third-order valence-corrected chi connectivity index (χ3v) is 5.80. The molecule has 28 heavy (non-hydrogen) atoms. The minimum absolute atomic E-state index is 0.341. The van der Waals surface area contributed by atoms with E-state index in [0.717, 1.165) is 22.1 Å². The number of aromatic amines is 1. The number of aromatic nitrogens is 2. The molecule has 0 aliphatic rings. The number of benzene rings is 2. The van der Waals surface area contributed by atoms with Gasteiger partial charge in [-0.2, -0.15) is 0 Å². The fourth-order valence-electron chi connectivity index (χ4n) is 3.45. The summed E-state index contributed by atoms with van der Waals surface area (Å²) in [7, 11) is 0. The summed E-state index contributed by atoms with van der Waals surface area (Å²) in [5.74, 6) is -2.04. The number of aromatic carboxylic acids is 1. The maximum absolute atomic E-state index is 14.2. The Hall–Kier alpha value is -3.51. The van der Waals surface area contributed by atoms with Crippen molar-refractivity contribution in [1.82, 2.24) is 9.97 Å². The quantitative estimate of drug-likeness (QED) is 0.401. The number of carboxylic acid groups (broad SMARTS) is 1. The molecule has 2 aromatic carbocycles. The summed E-state index contributed by atoms with van der Waals surface area (Å²) in [5.41, 5.74) is 3.82. The average molecular weight is 388 g/mol. The van der Waals surface area contributed by atoms with Crippen LogP contribution in [0.3, 0.4) is 0 Å². The molecule has 0 unspecified atom stereocenters. The second kappa shape index (κ2) is 6.28. The van der Waals surface area contributed by atoms with Crippen LogP contribution < -0.4 is 0 Å². The number of hydrogen-bond acceptors (Lipinski definition) is 3. The van der Waals surface area contributed by atoms with Gasteiger partial charge in [-0.05, 0) is 35.2 Å². The van der Waals surface area contributed by atoms with Crippen molar-refractivity contribution in [3.8, 4) is 22.3 Å². The lowest BCUT2D eigenvalue weighted by atomic mass is 10.0. The summed E-state index contributed by atoms with van der Waals surface area (Å²) in [6, 6.07) is 14.4. The summed E-state index contributed by atoms with van der Waals surface area (Å²) in [5, 5.41) is 13.2. The van der Waals surface area contributed by atoms with Gasteiger partial charge in [-0.15, -0.1) is 11.3 Å².